The second kappa shape index (κ2) is 7.94. The van der Waals surface area contributed by atoms with E-state index in [0.717, 1.165) is 11.6 Å². The molecule has 1 unspecified atom stereocenters. The number of pyridine rings is 1. The van der Waals surface area contributed by atoms with Crippen LogP contribution in [0, 0.1) is 6.92 Å². The molecular formula is C22H17ClF3N7O. The topological polar surface area (TPSA) is 92.6 Å². The number of aromatic nitrogens is 6. The first kappa shape index (κ1) is 22.1. The zero-order valence-corrected chi connectivity index (χ0v) is 18.5. The number of aryl methyl sites for hydroxylation is 1. The van der Waals surface area contributed by atoms with Gasteiger partial charge in [-0.2, -0.15) is 23.4 Å². The van der Waals surface area contributed by atoms with Gasteiger partial charge in [0.1, 0.15) is 11.5 Å². The molecule has 8 nitrogen and oxygen atoms in total. The molecular weight excluding hydrogens is 471 g/mol. The molecule has 1 atom stereocenters. The summed E-state index contributed by atoms with van der Waals surface area (Å²) in [7, 11) is 0. The van der Waals surface area contributed by atoms with Crippen LogP contribution in [0.5, 0.6) is 0 Å². The minimum Gasteiger partial charge on any atom is -0.340 e. The van der Waals surface area contributed by atoms with Crippen molar-refractivity contribution in [1.82, 2.24) is 34.8 Å². The van der Waals surface area contributed by atoms with Gasteiger partial charge in [0.2, 0.25) is 0 Å². The number of benzene rings is 1. The van der Waals surface area contributed by atoms with Gasteiger partial charge in [-0.15, -0.1) is 4.80 Å². The fourth-order valence-corrected chi connectivity index (χ4v) is 4.29. The van der Waals surface area contributed by atoms with Crippen LogP contribution in [-0.4, -0.2) is 47.3 Å². The molecule has 1 saturated heterocycles. The number of rotatable bonds is 3. The first-order chi connectivity index (χ1) is 16.1. The van der Waals surface area contributed by atoms with Gasteiger partial charge < -0.3 is 9.88 Å². The highest BCUT2D eigenvalue weighted by Gasteiger charge is 2.37. The van der Waals surface area contributed by atoms with Crippen LogP contribution < -0.4 is 0 Å². The van der Waals surface area contributed by atoms with Crippen molar-refractivity contribution in [3.8, 4) is 5.69 Å². The Balaban J connectivity index is 1.55. The first-order valence-electron chi connectivity index (χ1n) is 10.2. The van der Waals surface area contributed by atoms with E-state index < -0.39 is 28.7 Å². The van der Waals surface area contributed by atoms with E-state index in [1.807, 2.05) is 0 Å². The van der Waals surface area contributed by atoms with Crippen molar-refractivity contribution in [3.05, 3.63) is 76.6 Å². The lowest BCUT2D eigenvalue weighted by Crippen LogP contribution is -2.33. The van der Waals surface area contributed by atoms with Crippen LogP contribution >= 0.6 is 11.6 Å². The summed E-state index contributed by atoms with van der Waals surface area (Å²) in [4.78, 5) is 28.3. The maximum absolute atomic E-state index is 13.6. The largest absolute Gasteiger partial charge is 0.417 e. The lowest BCUT2D eigenvalue weighted by Gasteiger charge is -2.23. The third-order valence-corrected chi connectivity index (χ3v) is 5.89. The molecule has 3 aromatic heterocycles. The molecule has 12 heteroatoms. The van der Waals surface area contributed by atoms with Crippen LogP contribution in [0.3, 0.4) is 0 Å². The summed E-state index contributed by atoms with van der Waals surface area (Å²) in [5.41, 5.74) is 1.45. The summed E-state index contributed by atoms with van der Waals surface area (Å²) in [6.07, 6.45) is -1.23. The van der Waals surface area contributed by atoms with E-state index in [-0.39, 0.29) is 23.3 Å². The van der Waals surface area contributed by atoms with E-state index >= 15 is 0 Å². The fourth-order valence-electron chi connectivity index (χ4n) is 4.03. The molecule has 1 N–H and O–H groups in total. The van der Waals surface area contributed by atoms with Crippen molar-refractivity contribution >= 4 is 28.5 Å². The van der Waals surface area contributed by atoms with Crippen molar-refractivity contribution in [1.29, 1.82) is 0 Å². The number of hydrogen-bond acceptors (Lipinski definition) is 5. The number of halogens is 4. The Labute approximate surface area is 196 Å². The van der Waals surface area contributed by atoms with E-state index in [2.05, 4.69) is 31.7 Å². The monoisotopic (exact) mass is 487 g/mol. The molecule has 0 radical (unpaired) electrons. The Bertz CT molecular complexity index is 1430. The van der Waals surface area contributed by atoms with E-state index in [0.29, 0.717) is 23.6 Å². The summed E-state index contributed by atoms with van der Waals surface area (Å²) in [6, 6.07) is 4.97. The average Bonchev–Trinajstić information content (AvgIpc) is 3.51. The van der Waals surface area contributed by atoms with Crippen molar-refractivity contribution in [2.24, 2.45) is 0 Å². The van der Waals surface area contributed by atoms with Gasteiger partial charge in [-0.1, -0.05) is 23.8 Å². The molecule has 0 aliphatic carbocycles. The summed E-state index contributed by atoms with van der Waals surface area (Å²) in [5.74, 6) is -0.0575. The molecule has 1 amide bonds. The summed E-state index contributed by atoms with van der Waals surface area (Å²) in [5, 5.41) is 7.75. The molecule has 4 aromatic rings. The highest BCUT2D eigenvalue weighted by molar-refractivity contribution is 6.32. The summed E-state index contributed by atoms with van der Waals surface area (Å²) >= 11 is 5.85. The Morgan fingerprint density at radius 2 is 1.94 bits per heavy atom. The number of fused-ring (bicyclic) bond motifs is 1. The van der Waals surface area contributed by atoms with Crippen molar-refractivity contribution in [2.75, 3.05) is 6.54 Å². The predicted octanol–water partition coefficient (Wildman–Crippen LogP) is 4.66. The number of imidazole rings is 1. The lowest BCUT2D eigenvalue weighted by atomic mass is 10.1. The molecule has 5 rings (SSSR count). The maximum Gasteiger partial charge on any atom is 0.417 e. The number of nitrogens with zero attached hydrogens (tertiary/aromatic N) is 6. The molecule has 34 heavy (non-hydrogen) atoms. The number of carbonyl (C=O) groups is 1. The molecule has 1 aliphatic heterocycles. The van der Waals surface area contributed by atoms with Gasteiger partial charge in [-0.3, -0.25) is 4.79 Å². The van der Waals surface area contributed by atoms with Crippen LogP contribution in [0.15, 0.2) is 48.8 Å². The standard InChI is InChI=1S/C22H17ClF3N7O/c1-11-7-18(20-30-15-8-13(22(24,25)26)14(23)9-16(15)31-20)32(10-11)21(34)19-17(4-3-12(2)29-19)33-27-5-6-28-33/h3-6,8-9,18H,1,7,10H2,2H3,(H,30,31). The number of nitrogens with one attached hydrogen (secondary N) is 1. The Kier molecular flexibility index (Phi) is 5.16. The molecule has 1 aliphatic rings. The number of hydrogen-bond donors (Lipinski definition) is 1. The number of likely N-dealkylation sites (tertiary alicyclic amines) is 1. The smallest absolute Gasteiger partial charge is 0.340 e. The Hall–Kier alpha value is -3.73. The second-order valence-electron chi connectivity index (χ2n) is 8.01. The highest BCUT2D eigenvalue weighted by Crippen LogP contribution is 2.39. The van der Waals surface area contributed by atoms with Crippen molar-refractivity contribution in [2.45, 2.75) is 25.6 Å². The van der Waals surface area contributed by atoms with E-state index in [4.69, 9.17) is 11.6 Å². The minimum absolute atomic E-state index is 0.148. The predicted molar refractivity (Wildman–Crippen MR) is 118 cm³/mol. The van der Waals surface area contributed by atoms with Crippen molar-refractivity contribution in [3.63, 3.8) is 0 Å². The van der Waals surface area contributed by atoms with Crippen LogP contribution in [0.25, 0.3) is 16.7 Å². The van der Waals surface area contributed by atoms with Crippen LogP contribution in [-0.2, 0) is 6.18 Å². The quantitative estimate of drug-likeness (QED) is 0.424. The van der Waals surface area contributed by atoms with Gasteiger partial charge in [-0.25, -0.2) is 9.97 Å². The van der Waals surface area contributed by atoms with Gasteiger partial charge in [0.05, 0.1) is 40.1 Å². The summed E-state index contributed by atoms with van der Waals surface area (Å²) < 4.78 is 39.8. The SMILES string of the molecule is C=C1CC(c2nc3cc(Cl)c(C(F)(F)F)cc3[nH]2)N(C(=O)c2nc(C)ccc2-n2nccn2)C1. The molecule has 4 heterocycles. The van der Waals surface area contributed by atoms with Gasteiger partial charge in [-0.05, 0) is 37.6 Å². The Morgan fingerprint density at radius 1 is 1.21 bits per heavy atom. The molecule has 1 fully saturated rings. The first-order valence-corrected chi connectivity index (χ1v) is 10.6. The average molecular weight is 488 g/mol. The Morgan fingerprint density at radius 3 is 2.65 bits per heavy atom. The molecule has 0 spiro atoms. The zero-order chi connectivity index (χ0) is 24.2. The van der Waals surface area contributed by atoms with E-state index in [1.165, 1.54) is 23.3 Å². The third kappa shape index (κ3) is 3.81. The zero-order valence-electron chi connectivity index (χ0n) is 17.8. The van der Waals surface area contributed by atoms with Crippen LogP contribution in [0.2, 0.25) is 5.02 Å². The number of aromatic amines is 1. The van der Waals surface area contributed by atoms with E-state index in [1.54, 1.807) is 24.0 Å². The van der Waals surface area contributed by atoms with Gasteiger partial charge in [0.25, 0.3) is 5.91 Å². The maximum atomic E-state index is 13.6. The van der Waals surface area contributed by atoms with Crippen molar-refractivity contribution < 1.29 is 18.0 Å². The van der Waals surface area contributed by atoms with Crippen LogP contribution in [0.1, 0.15) is 40.0 Å². The van der Waals surface area contributed by atoms with Gasteiger partial charge >= 0.3 is 6.18 Å². The number of alkyl halides is 3. The lowest BCUT2D eigenvalue weighted by molar-refractivity contribution is -0.137. The molecule has 1 aromatic carbocycles. The van der Waals surface area contributed by atoms with Crippen LogP contribution in [0.4, 0.5) is 13.2 Å². The summed E-state index contributed by atoms with van der Waals surface area (Å²) in [6.45, 7) is 6.01. The third-order valence-electron chi connectivity index (χ3n) is 5.57. The molecule has 0 saturated carbocycles. The number of carbonyl (C=O) groups excluding carboxylic acids is 1. The number of amides is 1. The minimum atomic E-state index is -4.60. The normalized spacial score (nSPS) is 16.6. The fraction of sp³-hybridized carbons (Fsp3) is 0.227. The second-order valence-corrected chi connectivity index (χ2v) is 8.42. The molecule has 0 bridgehead atoms. The number of H-pyrrole nitrogens is 1. The highest BCUT2D eigenvalue weighted by atomic mass is 35.5. The van der Waals surface area contributed by atoms with Gasteiger partial charge in [0, 0.05) is 12.2 Å². The molecule has 174 valence electrons. The van der Waals surface area contributed by atoms with E-state index in [9.17, 15) is 18.0 Å². The van der Waals surface area contributed by atoms with Gasteiger partial charge in [0.15, 0.2) is 5.69 Å².